The summed E-state index contributed by atoms with van der Waals surface area (Å²) in [6, 6.07) is 7.06. The molecule has 0 N–H and O–H groups in total. The molecule has 0 saturated carbocycles. The summed E-state index contributed by atoms with van der Waals surface area (Å²) in [5.74, 6) is 0.782. The van der Waals surface area contributed by atoms with Crippen molar-refractivity contribution in [2.75, 3.05) is 0 Å². The first-order valence-corrected chi connectivity index (χ1v) is 4.35. The van der Waals surface area contributed by atoms with Crippen LogP contribution in [0, 0.1) is 0 Å². The fraction of sp³-hybridized carbons (Fsp3) is 0.455. The Morgan fingerprint density at radius 3 is 2.08 bits per heavy atom. The molecule has 1 aromatic rings. The lowest BCUT2D eigenvalue weighted by atomic mass is 10.2. The predicted octanol–water partition coefficient (Wildman–Crippen LogP) is 3.33. The molecule has 0 saturated heterocycles. The van der Waals surface area contributed by atoms with E-state index in [0.29, 0.717) is 5.56 Å². The maximum absolute atomic E-state index is 12.2. The minimum atomic E-state index is -0.421. The third-order valence-electron chi connectivity index (χ3n) is 1.50. The molecule has 0 heterocycles. The van der Waals surface area contributed by atoms with Crippen molar-refractivity contribution in [1.82, 2.24) is 0 Å². The SMILES string of the molecule is CC(C)(C)Oc1ccc(CF)cc1. The largest absolute Gasteiger partial charge is 0.488 e. The molecule has 13 heavy (non-hydrogen) atoms. The molecular formula is C11H15FO. The Kier molecular flexibility index (Phi) is 2.91. The minimum absolute atomic E-state index is 0.197. The highest BCUT2D eigenvalue weighted by molar-refractivity contribution is 5.27. The molecule has 2 heteroatoms. The van der Waals surface area contributed by atoms with Gasteiger partial charge < -0.3 is 4.74 Å². The summed E-state index contributed by atoms with van der Waals surface area (Å²) in [6.45, 7) is 5.53. The van der Waals surface area contributed by atoms with Gasteiger partial charge in [-0.25, -0.2) is 4.39 Å². The molecular weight excluding hydrogens is 167 g/mol. The van der Waals surface area contributed by atoms with Crippen LogP contribution in [0.4, 0.5) is 4.39 Å². The van der Waals surface area contributed by atoms with Gasteiger partial charge in [-0.2, -0.15) is 0 Å². The van der Waals surface area contributed by atoms with Crippen LogP contribution in [0.1, 0.15) is 26.3 Å². The monoisotopic (exact) mass is 182 g/mol. The van der Waals surface area contributed by atoms with Crippen molar-refractivity contribution in [3.8, 4) is 5.75 Å². The molecule has 0 aromatic heterocycles. The van der Waals surface area contributed by atoms with Gasteiger partial charge in [0.1, 0.15) is 18.0 Å². The smallest absolute Gasteiger partial charge is 0.120 e. The standard InChI is InChI=1S/C11H15FO/c1-11(2,3)13-10-6-4-9(8-12)5-7-10/h4-7H,8H2,1-3H3. The molecule has 0 amide bonds. The number of ether oxygens (including phenoxy) is 1. The number of halogens is 1. The molecule has 1 aromatic carbocycles. The van der Waals surface area contributed by atoms with Crippen LogP contribution in [-0.4, -0.2) is 5.60 Å². The Balaban J connectivity index is 2.70. The fourth-order valence-electron chi connectivity index (χ4n) is 1.00. The quantitative estimate of drug-likeness (QED) is 0.681. The molecule has 0 aliphatic heterocycles. The first-order chi connectivity index (χ1) is 6.01. The highest BCUT2D eigenvalue weighted by atomic mass is 19.1. The van der Waals surface area contributed by atoms with Gasteiger partial charge in [-0.3, -0.25) is 0 Å². The maximum Gasteiger partial charge on any atom is 0.120 e. The predicted molar refractivity (Wildman–Crippen MR) is 51.6 cm³/mol. The summed E-state index contributed by atoms with van der Waals surface area (Å²) < 4.78 is 17.7. The van der Waals surface area contributed by atoms with Gasteiger partial charge in [0.05, 0.1) is 0 Å². The average Bonchev–Trinajstić information content (AvgIpc) is 2.03. The molecule has 0 aliphatic rings. The lowest BCUT2D eigenvalue weighted by Crippen LogP contribution is -2.22. The van der Waals surface area contributed by atoms with E-state index in [-0.39, 0.29) is 5.60 Å². The Labute approximate surface area is 78.5 Å². The van der Waals surface area contributed by atoms with Crippen LogP contribution in [0.2, 0.25) is 0 Å². The van der Waals surface area contributed by atoms with Gasteiger partial charge in [0.15, 0.2) is 0 Å². The normalized spacial score (nSPS) is 11.4. The molecule has 0 aliphatic carbocycles. The van der Waals surface area contributed by atoms with Gasteiger partial charge in [0, 0.05) is 0 Å². The number of hydrogen-bond donors (Lipinski definition) is 0. The van der Waals surface area contributed by atoms with Crippen LogP contribution in [0.5, 0.6) is 5.75 Å². The van der Waals surface area contributed by atoms with Gasteiger partial charge >= 0.3 is 0 Å². The van der Waals surface area contributed by atoms with Gasteiger partial charge in [0.2, 0.25) is 0 Å². The molecule has 72 valence electrons. The van der Waals surface area contributed by atoms with Crippen molar-refractivity contribution in [1.29, 1.82) is 0 Å². The van der Waals surface area contributed by atoms with E-state index in [1.807, 2.05) is 20.8 Å². The first kappa shape index (κ1) is 10.0. The molecule has 0 fully saturated rings. The lowest BCUT2D eigenvalue weighted by Gasteiger charge is -2.21. The van der Waals surface area contributed by atoms with Crippen molar-refractivity contribution < 1.29 is 9.13 Å². The molecule has 0 radical (unpaired) electrons. The van der Waals surface area contributed by atoms with Crippen molar-refractivity contribution >= 4 is 0 Å². The second-order valence-corrected chi connectivity index (χ2v) is 3.99. The van der Waals surface area contributed by atoms with E-state index in [1.54, 1.807) is 24.3 Å². The van der Waals surface area contributed by atoms with Crippen LogP contribution in [0.15, 0.2) is 24.3 Å². The number of benzene rings is 1. The first-order valence-electron chi connectivity index (χ1n) is 4.35. The van der Waals surface area contributed by atoms with E-state index >= 15 is 0 Å². The van der Waals surface area contributed by atoms with Crippen LogP contribution < -0.4 is 4.74 Å². The fourth-order valence-corrected chi connectivity index (χ4v) is 1.00. The summed E-state index contributed by atoms with van der Waals surface area (Å²) >= 11 is 0. The van der Waals surface area contributed by atoms with E-state index in [9.17, 15) is 4.39 Å². The zero-order valence-electron chi connectivity index (χ0n) is 8.30. The van der Waals surface area contributed by atoms with E-state index in [4.69, 9.17) is 4.74 Å². The third-order valence-corrected chi connectivity index (χ3v) is 1.50. The summed E-state index contributed by atoms with van der Waals surface area (Å²) in [4.78, 5) is 0. The summed E-state index contributed by atoms with van der Waals surface area (Å²) in [7, 11) is 0. The van der Waals surface area contributed by atoms with Gasteiger partial charge in [-0.1, -0.05) is 12.1 Å². The zero-order chi connectivity index (χ0) is 9.90. The van der Waals surface area contributed by atoms with Crippen molar-refractivity contribution in [2.45, 2.75) is 33.0 Å². The average molecular weight is 182 g/mol. The van der Waals surface area contributed by atoms with E-state index < -0.39 is 6.67 Å². The topological polar surface area (TPSA) is 9.23 Å². The Hall–Kier alpha value is -1.05. The van der Waals surface area contributed by atoms with E-state index in [1.165, 1.54) is 0 Å². The van der Waals surface area contributed by atoms with Crippen LogP contribution >= 0.6 is 0 Å². The summed E-state index contributed by atoms with van der Waals surface area (Å²) in [5.41, 5.74) is 0.485. The summed E-state index contributed by atoms with van der Waals surface area (Å²) in [5, 5.41) is 0. The zero-order valence-corrected chi connectivity index (χ0v) is 8.30. The van der Waals surface area contributed by atoms with Crippen LogP contribution in [-0.2, 0) is 6.67 Å². The second kappa shape index (κ2) is 3.77. The van der Waals surface area contributed by atoms with Gasteiger partial charge in [-0.15, -0.1) is 0 Å². The molecule has 1 nitrogen and oxygen atoms in total. The summed E-state index contributed by atoms with van der Waals surface area (Å²) in [6.07, 6.45) is 0. The van der Waals surface area contributed by atoms with Gasteiger partial charge in [0.25, 0.3) is 0 Å². The number of hydrogen-bond acceptors (Lipinski definition) is 1. The molecule has 0 bridgehead atoms. The van der Waals surface area contributed by atoms with Crippen molar-refractivity contribution in [3.63, 3.8) is 0 Å². The lowest BCUT2D eigenvalue weighted by molar-refractivity contribution is 0.131. The molecule has 0 spiro atoms. The van der Waals surface area contributed by atoms with Crippen molar-refractivity contribution in [2.24, 2.45) is 0 Å². The van der Waals surface area contributed by atoms with E-state index in [0.717, 1.165) is 5.75 Å². The third kappa shape index (κ3) is 3.45. The second-order valence-electron chi connectivity index (χ2n) is 3.99. The Morgan fingerprint density at radius 2 is 1.69 bits per heavy atom. The van der Waals surface area contributed by atoms with Crippen LogP contribution in [0.3, 0.4) is 0 Å². The van der Waals surface area contributed by atoms with Crippen molar-refractivity contribution in [3.05, 3.63) is 29.8 Å². The van der Waals surface area contributed by atoms with E-state index in [2.05, 4.69) is 0 Å². The molecule has 0 unspecified atom stereocenters. The molecule has 0 atom stereocenters. The molecule has 1 rings (SSSR count). The maximum atomic E-state index is 12.2. The number of alkyl halides is 1. The van der Waals surface area contributed by atoms with Gasteiger partial charge in [-0.05, 0) is 38.5 Å². The van der Waals surface area contributed by atoms with Crippen LogP contribution in [0.25, 0.3) is 0 Å². The highest BCUT2D eigenvalue weighted by Crippen LogP contribution is 2.18. The Morgan fingerprint density at radius 1 is 1.15 bits per heavy atom. The minimum Gasteiger partial charge on any atom is -0.488 e. The highest BCUT2D eigenvalue weighted by Gasteiger charge is 2.10. The number of rotatable bonds is 2. The Bertz CT molecular complexity index is 258.